The molecule has 2 amide bonds. The van der Waals surface area contributed by atoms with Crippen LogP contribution < -0.4 is 10.6 Å². The van der Waals surface area contributed by atoms with Crippen molar-refractivity contribution in [2.45, 2.75) is 26.3 Å². The molecule has 1 heterocycles. The number of carbonyl (C=O) groups is 2. The zero-order valence-corrected chi connectivity index (χ0v) is 10.5. The van der Waals surface area contributed by atoms with Gasteiger partial charge in [0.15, 0.2) is 0 Å². The van der Waals surface area contributed by atoms with E-state index < -0.39 is 18.0 Å². The molecule has 0 saturated heterocycles. The van der Waals surface area contributed by atoms with Gasteiger partial charge in [-0.2, -0.15) is 5.10 Å². The topological polar surface area (TPSA) is 137 Å². The first-order valence-electron chi connectivity index (χ1n) is 5.53. The molecule has 104 valence electrons. The van der Waals surface area contributed by atoms with Crippen LogP contribution in [0.15, 0.2) is 0 Å². The van der Waals surface area contributed by atoms with Crippen LogP contribution in [-0.4, -0.2) is 50.0 Å². The van der Waals surface area contributed by atoms with E-state index in [0.717, 1.165) is 0 Å². The zero-order chi connectivity index (χ0) is 14.4. The highest BCUT2D eigenvalue weighted by Crippen LogP contribution is 2.02. The van der Waals surface area contributed by atoms with Gasteiger partial charge in [-0.05, 0) is 13.8 Å². The van der Waals surface area contributed by atoms with Crippen LogP contribution in [0.5, 0.6) is 0 Å². The van der Waals surface area contributed by atoms with Crippen LogP contribution in [0.2, 0.25) is 0 Å². The number of anilines is 1. The van der Waals surface area contributed by atoms with E-state index in [9.17, 15) is 9.59 Å². The summed E-state index contributed by atoms with van der Waals surface area (Å²) in [6.07, 6.45) is -0.0885. The molecule has 1 atom stereocenters. The molecule has 9 nitrogen and oxygen atoms in total. The summed E-state index contributed by atoms with van der Waals surface area (Å²) in [5.74, 6) is -1.25. The predicted molar refractivity (Wildman–Crippen MR) is 64.6 cm³/mol. The van der Waals surface area contributed by atoms with E-state index in [1.165, 1.54) is 0 Å². The van der Waals surface area contributed by atoms with Gasteiger partial charge in [-0.1, -0.05) is 0 Å². The van der Waals surface area contributed by atoms with Gasteiger partial charge < -0.3 is 15.5 Å². The molecule has 0 unspecified atom stereocenters. The average molecular weight is 269 g/mol. The van der Waals surface area contributed by atoms with E-state index >= 15 is 0 Å². The maximum Gasteiger partial charge on any atom is 0.326 e. The monoisotopic (exact) mass is 269 g/mol. The Morgan fingerprint density at radius 2 is 1.95 bits per heavy atom. The summed E-state index contributed by atoms with van der Waals surface area (Å²) >= 11 is 0. The summed E-state index contributed by atoms with van der Waals surface area (Å²) in [5.41, 5.74) is 1.24. The van der Waals surface area contributed by atoms with Crippen LogP contribution in [0.1, 0.15) is 17.8 Å². The summed E-state index contributed by atoms with van der Waals surface area (Å²) in [7, 11) is 0. The minimum atomic E-state index is -1.23. The Kier molecular flexibility index (Phi) is 5.12. The highest BCUT2D eigenvalue weighted by atomic mass is 16.4. The molecule has 0 spiro atoms. The number of aromatic nitrogens is 3. The van der Waals surface area contributed by atoms with Crippen molar-refractivity contribution in [3.63, 3.8) is 0 Å². The average Bonchev–Trinajstić information content (AvgIpc) is 2.33. The van der Waals surface area contributed by atoms with Gasteiger partial charge in [0, 0.05) is 13.0 Å². The van der Waals surface area contributed by atoms with Crippen molar-refractivity contribution in [2.24, 2.45) is 0 Å². The third-order valence-corrected chi connectivity index (χ3v) is 2.34. The lowest BCUT2D eigenvalue weighted by Gasteiger charge is -2.13. The fraction of sp³-hybridized carbons (Fsp3) is 0.500. The molecule has 0 aromatic carbocycles. The van der Waals surface area contributed by atoms with Crippen molar-refractivity contribution in [2.75, 3.05) is 11.9 Å². The number of nitrogens with zero attached hydrogens (tertiary/aromatic N) is 3. The first kappa shape index (κ1) is 14.8. The second kappa shape index (κ2) is 6.59. The smallest absolute Gasteiger partial charge is 0.326 e. The molecule has 0 aliphatic rings. The molecule has 0 radical (unpaired) electrons. The molecular weight excluding hydrogens is 254 g/mol. The van der Waals surface area contributed by atoms with Crippen LogP contribution >= 0.6 is 0 Å². The molecule has 4 N–H and O–H groups in total. The first-order valence-corrected chi connectivity index (χ1v) is 5.53. The predicted octanol–water partition coefficient (Wildman–Crippen LogP) is -0.554. The summed E-state index contributed by atoms with van der Waals surface area (Å²) in [6, 6.07) is -1.95. The van der Waals surface area contributed by atoms with E-state index in [4.69, 9.17) is 10.2 Å². The Bertz CT molecular complexity index is 479. The second-order valence-corrected chi connectivity index (χ2v) is 3.81. The second-order valence-electron chi connectivity index (χ2n) is 3.81. The number of urea groups is 1. The molecule has 1 rings (SSSR count). The van der Waals surface area contributed by atoms with Gasteiger partial charge in [0.05, 0.1) is 11.4 Å². The summed E-state index contributed by atoms with van der Waals surface area (Å²) < 4.78 is 0. The lowest BCUT2D eigenvalue weighted by atomic mass is 10.2. The Morgan fingerprint density at radius 1 is 1.26 bits per heavy atom. The number of nitrogens with one attached hydrogen (secondary N) is 2. The number of rotatable bonds is 5. The van der Waals surface area contributed by atoms with Crippen molar-refractivity contribution in [1.82, 2.24) is 20.5 Å². The highest BCUT2D eigenvalue weighted by Gasteiger charge is 2.19. The van der Waals surface area contributed by atoms with Crippen molar-refractivity contribution >= 4 is 17.9 Å². The maximum absolute atomic E-state index is 11.5. The van der Waals surface area contributed by atoms with Gasteiger partial charge >= 0.3 is 12.0 Å². The minimum Gasteiger partial charge on any atom is -0.480 e. The van der Waals surface area contributed by atoms with Crippen LogP contribution in [0, 0.1) is 13.8 Å². The van der Waals surface area contributed by atoms with Gasteiger partial charge in [-0.3, -0.25) is 5.32 Å². The quantitative estimate of drug-likeness (QED) is 0.562. The zero-order valence-electron chi connectivity index (χ0n) is 10.5. The fourth-order valence-corrected chi connectivity index (χ4v) is 1.19. The number of aryl methyl sites for hydroxylation is 2. The third-order valence-electron chi connectivity index (χ3n) is 2.34. The number of aliphatic carboxylic acids is 1. The molecule has 1 aromatic heterocycles. The van der Waals surface area contributed by atoms with E-state index in [-0.39, 0.29) is 19.0 Å². The molecule has 1 aromatic rings. The summed E-state index contributed by atoms with van der Waals surface area (Å²) in [6.45, 7) is 3.08. The molecule has 9 heteroatoms. The van der Waals surface area contributed by atoms with Crippen LogP contribution in [0.25, 0.3) is 0 Å². The van der Waals surface area contributed by atoms with Gasteiger partial charge in [-0.25, -0.2) is 14.6 Å². The Labute approximate surface area is 109 Å². The molecule has 0 aliphatic carbocycles. The van der Waals surface area contributed by atoms with Crippen molar-refractivity contribution < 1.29 is 19.8 Å². The van der Waals surface area contributed by atoms with Gasteiger partial charge in [0.1, 0.15) is 6.04 Å². The largest absolute Gasteiger partial charge is 0.480 e. The number of aliphatic hydroxyl groups is 1. The van der Waals surface area contributed by atoms with Crippen LogP contribution in [0.3, 0.4) is 0 Å². The van der Waals surface area contributed by atoms with E-state index in [1.807, 2.05) is 0 Å². The molecule has 0 aliphatic heterocycles. The number of aliphatic hydroxyl groups excluding tert-OH is 1. The first-order chi connectivity index (χ1) is 8.93. The fourth-order valence-electron chi connectivity index (χ4n) is 1.19. The third kappa shape index (κ3) is 4.47. The lowest BCUT2D eigenvalue weighted by Crippen LogP contribution is -2.43. The van der Waals surface area contributed by atoms with Crippen molar-refractivity contribution in [1.29, 1.82) is 0 Å². The van der Waals surface area contributed by atoms with Crippen molar-refractivity contribution in [3.05, 3.63) is 11.4 Å². The van der Waals surface area contributed by atoms with Gasteiger partial charge in [-0.15, -0.1) is 5.10 Å². The Balaban J connectivity index is 2.63. The summed E-state index contributed by atoms with van der Waals surface area (Å²) in [5, 5.41) is 29.4. The van der Waals surface area contributed by atoms with E-state index in [2.05, 4.69) is 25.8 Å². The number of carboxylic acids is 1. The van der Waals surface area contributed by atoms with Crippen LogP contribution in [0.4, 0.5) is 10.7 Å². The Hall–Kier alpha value is -2.29. The van der Waals surface area contributed by atoms with E-state index in [0.29, 0.717) is 11.4 Å². The SMILES string of the molecule is Cc1nnc(NC(=O)N[C@@H](CCO)C(=O)O)nc1C. The standard InChI is InChI=1S/C10H15N5O4/c1-5-6(2)14-15-9(11-5)13-10(19)12-7(3-4-16)8(17)18/h7,16H,3-4H2,1-2H3,(H,17,18)(H2,11,12,13,15,19)/t7-/m0/s1. The highest BCUT2D eigenvalue weighted by molar-refractivity contribution is 5.90. The van der Waals surface area contributed by atoms with E-state index in [1.54, 1.807) is 13.8 Å². The molecular formula is C10H15N5O4. The molecule has 0 fully saturated rings. The number of carbonyl (C=O) groups excluding carboxylic acids is 1. The number of hydrogen-bond acceptors (Lipinski definition) is 6. The van der Waals surface area contributed by atoms with Gasteiger partial charge in [0.2, 0.25) is 0 Å². The van der Waals surface area contributed by atoms with Crippen LogP contribution in [-0.2, 0) is 4.79 Å². The number of amides is 2. The normalized spacial score (nSPS) is 11.7. The van der Waals surface area contributed by atoms with Crippen molar-refractivity contribution in [3.8, 4) is 0 Å². The number of hydrogen-bond donors (Lipinski definition) is 4. The molecule has 0 bridgehead atoms. The van der Waals surface area contributed by atoms with Gasteiger partial charge in [0.25, 0.3) is 5.95 Å². The number of carboxylic acid groups (broad SMARTS) is 1. The molecule has 19 heavy (non-hydrogen) atoms. The molecule has 0 saturated carbocycles. The Morgan fingerprint density at radius 3 is 2.47 bits per heavy atom. The minimum absolute atomic E-state index is 0.0197. The maximum atomic E-state index is 11.5. The lowest BCUT2D eigenvalue weighted by molar-refractivity contribution is -0.139. The summed E-state index contributed by atoms with van der Waals surface area (Å²) in [4.78, 5) is 26.3.